The van der Waals surface area contributed by atoms with E-state index < -0.39 is 23.5 Å². The molecule has 2 aliphatic carbocycles. The number of rotatable bonds is 5. The van der Waals surface area contributed by atoms with Gasteiger partial charge in [0.1, 0.15) is 11.6 Å². The monoisotopic (exact) mass is 400 g/mol. The van der Waals surface area contributed by atoms with Crippen LogP contribution in [-0.2, 0) is 11.0 Å². The molecule has 156 valence electrons. The van der Waals surface area contributed by atoms with E-state index >= 15 is 0 Å². The van der Waals surface area contributed by atoms with Gasteiger partial charge in [-0.3, -0.25) is 4.79 Å². The topological polar surface area (TPSA) is 26.3 Å². The molecule has 0 spiro atoms. The predicted octanol–water partition coefficient (Wildman–Crippen LogP) is 6.77. The van der Waals surface area contributed by atoms with E-state index in [0.717, 1.165) is 43.6 Å². The molecule has 2 unspecified atom stereocenters. The van der Waals surface area contributed by atoms with Gasteiger partial charge in [0.05, 0.1) is 11.5 Å². The summed E-state index contributed by atoms with van der Waals surface area (Å²) in [5, 5.41) is 0. The Bertz CT molecular complexity index is 678. The van der Waals surface area contributed by atoms with Gasteiger partial charge in [-0.25, -0.2) is 4.39 Å². The summed E-state index contributed by atoms with van der Waals surface area (Å²) in [6, 6.07) is 2.25. The maximum absolute atomic E-state index is 13.6. The molecule has 3 rings (SSSR count). The minimum atomic E-state index is -4.76. The van der Waals surface area contributed by atoms with E-state index in [1.807, 2.05) is 0 Å². The number of halogens is 4. The lowest BCUT2D eigenvalue weighted by Crippen LogP contribution is -2.28. The fourth-order valence-corrected chi connectivity index (χ4v) is 5.03. The van der Waals surface area contributed by atoms with Gasteiger partial charge >= 0.3 is 12.1 Å². The van der Waals surface area contributed by atoms with Gasteiger partial charge in [-0.2, -0.15) is 13.2 Å². The molecule has 28 heavy (non-hydrogen) atoms. The normalized spacial score (nSPS) is 28.3. The highest BCUT2D eigenvalue weighted by Gasteiger charge is 2.36. The van der Waals surface area contributed by atoms with Crippen molar-refractivity contribution in [2.24, 2.45) is 23.7 Å². The van der Waals surface area contributed by atoms with Gasteiger partial charge in [-0.1, -0.05) is 26.2 Å². The van der Waals surface area contributed by atoms with Crippen LogP contribution in [0, 0.1) is 29.5 Å². The van der Waals surface area contributed by atoms with Gasteiger partial charge in [-0.05, 0) is 68.4 Å². The lowest BCUT2D eigenvalue weighted by Gasteiger charge is -2.31. The second-order valence-corrected chi connectivity index (χ2v) is 8.40. The summed E-state index contributed by atoms with van der Waals surface area (Å²) in [7, 11) is 0. The van der Waals surface area contributed by atoms with E-state index in [1.54, 1.807) is 0 Å². The molecule has 2 saturated carbocycles. The maximum Gasteiger partial charge on any atom is 0.419 e. The molecule has 0 aliphatic heterocycles. The molecule has 0 saturated heterocycles. The van der Waals surface area contributed by atoms with Gasteiger partial charge in [0, 0.05) is 6.07 Å². The van der Waals surface area contributed by atoms with Crippen LogP contribution >= 0.6 is 0 Å². The third-order valence-corrected chi connectivity index (χ3v) is 6.51. The summed E-state index contributed by atoms with van der Waals surface area (Å²) < 4.78 is 56.7. The molecule has 1 aromatic rings. The van der Waals surface area contributed by atoms with Crippen molar-refractivity contribution < 1.29 is 27.1 Å². The minimum Gasteiger partial charge on any atom is -0.426 e. The predicted molar refractivity (Wildman–Crippen MR) is 98.2 cm³/mol. The van der Waals surface area contributed by atoms with Crippen LogP contribution in [0.2, 0.25) is 0 Å². The van der Waals surface area contributed by atoms with Crippen LogP contribution < -0.4 is 4.74 Å². The minimum absolute atomic E-state index is 0.171. The quantitative estimate of drug-likeness (QED) is 0.310. The van der Waals surface area contributed by atoms with Crippen molar-refractivity contribution in [3.8, 4) is 5.75 Å². The van der Waals surface area contributed by atoms with Crippen LogP contribution in [0.4, 0.5) is 17.6 Å². The summed E-state index contributed by atoms with van der Waals surface area (Å²) in [4.78, 5) is 12.4. The number of carbonyl (C=O) groups is 1. The Kier molecular flexibility index (Phi) is 6.66. The van der Waals surface area contributed by atoms with Crippen molar-refractivity contribution >= 4 is 5.97 Å². The highest BCUT2D eigenvalue weighted by atomic mass is 19.4. The van der Waals surface area contributed by atoms with Gasteiger partial charge in [0.25, 0.3) is 0 Å². The fraction of sp³-hybridized carbons (Fsp3) is 0.682. The molecular formula is C22H28F4O2. The molecule has 6 heteroatoms. The fourth-order valence-electron chi connectivity index (χ4n) is 5.03. The summed E-state index contributed by atoms with van der Waals surface area (Å²) in [6.45, 7) is 2.23. The van der Waals surface area contributed by atoms with Crippen LogP contribution in [0.15, 0.2) is 18.2 Å². The summed E-state index contributed by atoms with van der Waals surface area (Å²) in [5.74, 6) is -0.0401. The second-order valence-electron chi connectivity index (χ2n) is 8.40. The van der Waals surface area contributed by atoms with Crippen molar-refractivity contribution in [3.63, 3.8) is 0 Å². The molecule has 0 amide bonds. The maximum atomic E-state index is 13.6. The van der Waals surface area contributed by atoms with E-state index in [2.05, 4.69) is 6.92 Å². The molecule has 0 bridgehead atoms. The molecule has 0 N–H and O–H groups in total. The third kappa shape index (κ3) is 5.06. The third-order valence-electron chi connectivity index (χ3n) is 6.51. The molecule has 0 radical (unpaired) electrons. The first-order chi connectivity index (χ1) is 13.3. The molecule has 0 heterocycles. The van der Waals surface area contributed by atoms with Crippen LogP contribution in [0.25, 0.3) is 0 Å². The van der Waals surface area contributed by atoms with Gasteiger partial charge in [-0.15, -0.1) is 0 Å². The average molecular weight is 400 g/mol. The van der Waals surface area contributed by atoms with Gasteiger partial charge in [0.2, 0.25) is 0 Å². The first kappa shape index (κ1) is 21.1. The number of ether oxygens (including phenoxy) is 1. The number of benzene rings is 1. The van der Waals surface area contributed by atoms with Crippen molar-refractivity contribution in [2.45, 2.75) is 70.9 Å². The van der Waals surface area contributed by atoms with Crippen LogP contribution in [-0.4, -0.2) is 5.97 Å². The summed E-state index contributed by atoms with van der Waals surface area (Å²) >= 11 is 0. The van der Waals surface area contributed by atoms with Crippen molar-refractivity contribution in [1.82, 2.24) is 0 Å². The summed E-state index contributed by atoms with van der Waals surface area (Å²) in [5.41, 5.74) is -1.36. The second kappa shape index (κ2) is 8.83. The Hall–Kier alpha value is -1.59. The van der Waals surface area contributed by atoms with Gasteiger partial charge < -0.3 is 4.74 Å². The number of hydrogen-bond donors (Lipinski definition) is 0. The summed E-state index contributed by atoms with van der Waals surface area (Å²) in [6.07, 6.45) is 5.15. The van der Waals surface area contributed by atoms with Gasteiger partial charge in [0.15, 0.2) is 0 Å². The Morgan fingerprint density at radius 2 is 1.75 bits per heavy atom. The highest BCUT2D eigenvalue weighted by molar-refractivity contribution is 5.75. The molecule has 2 fully saturated rings. The van der Waals surface area contributed by atoms with E-state index in [4.69, 9.17) is 4.74 Å². The van der Waals surface area contributed by atoms with E-state index in [-0.39, 0.29) is 11.7 Å². The van der Waals surface area contributed by atoms with Crippen LogP contribution in [0.1, 0.15) is 70.3 Å². The molecular weight excluding hydrogens is 372 g/mol. The zero-order valence-electron chi connectivity index (χ0n) is 16.2. The first-order valence-corrected chi connectivity index (χ1v) is 10.4. The van der Waals surface area contributed by atoms with E-state index in [1.165, 1.54) is 32.1 Å². The first-order valence-electron chi connectivity index (χ1n) is 10.4. The molecule has 0 aromatic heterocycles. The van der Waals surface area contributed by atoms with E-state index in [0.29, 0.717) is 18.1 Å². The van der Waals surface area contributed by atoms with Crippen molar-refractivity contribution in [1.29, 1.82) is 0 Å². The number of esters is 1. The molecule has 2 aliphatic rings. The largest absolute Gasteiger partial charge is 0.426 e. The lowest BCUT2D eigenvalue weighted by molar-refractivity contribution is -0.140. The molecule has 1 aromatic carbocycles. The van der Waals surface area contributed by atoms with Crippen LogP contribution in [0.5, 0.6) is 5.75 Å². The highest BCUT2D eigenvalue weighted by Crippen LogP contribution is 2.44. The smallest absolute Gasteiger partial charge is 0.419 e. The zero-order valence-corrected chi connectivity index (χ0v) is 16.2. The Morgan fingerprint density at radius 1 is 1.07 bits per heavy atom. The number of carbonyl (C=O) groups excluding carboxylic acids is 1. The lowest BCUT2D eigenvalue weighted by atomic mass is 9.75. The van der Waals surface area contributed by atoms with Crippen molar-refractivity contribution in [3.05, 3.63) is 29.6 Å². The standard InChI is InChI=1S/C22H28F4O2/c1-2-3-14-4-5-17(12-14)15-6-8-16(9-7-15)21(27)28-18-10-11-19(20(23)13-18)22(24,25)26/h10-11,13-17H,2-9,12H2,1H3. The Labute approximate surface area is 163 Å². The number of hydrogen-bond acceptors (Lipinski definition) is 2. The molecule has 2 atom stereocenters. The Morgan fingerprint density at radius 3 is 2.36 bits per heavy atom. The molecule has 2 nitrogen and oxygen atoms in total. The Balaban J connectivity index is 1.50. The van der Waals surface area contributed by atoms with Crippen LogP contribution in [0.3, 0.4) is 0 Å². The number of alkyl halides is 3. The average Bonchev–Trinajstić information content (AvgIpc) is 3.10. The van der Waals surface area contributed by atoms with Crippen molar-refractivity contribution in [2.75, 3.05) is 0 Å². The zero-order chi connectivity index (χ0) is 20.3. The van der Waals surface area contributed by atoms with E-state index in [9.17, 15) is 22.4 Å². The SMILES string of the molecule is CCCC1CCC(C2CCC(C(=O)Oc3ccc(C(F)(F)F)c(F)c3)CC2)C1.